The van der Waals surface area contributed by atoms with Crippen LogP contribution < -0.4 is 5.32 Å². The van der Waals surface area contributed by atoms with Crippen molar-refractivity contribution in [1.29, 1.82) is 0 Å². The molecule has 1 aliphatic heterocycles. The third-order valence-electron chi connectivity index (χ3n) is 4.22. The van der Waals surface area contributed by atoms with Gasteiger partial charge in [-0.15, -0.1) is 23.1 Å². The topological polar surface area (TPSA) is 66.5 Å². The third-order valence-corrected chi connectivity index (χ3v) is 8.43. The Kier molecular flexibility index (Phi) is 5.76. The van der Waals surface area contributed by atoms with Crippen molar-refractivity contribution in [2.45, 2.75) is 43.1 Å². The molecule has 0 saturated heterocycles. The fraction of sp³-hybridized carbons (Fsp3) is 0.389. The first-order chi connectivity index (χ1) is 12.3. The van der Waals surface area contributed by atoms with Crippen molar-refractivity contribution in [3.05, 3.63) is 40.6 Å². The largest absolute Gasteiger partial charge is 0.325 e. The highest BCUT2D eigenvalue weighted by molar-refractivity contribution is 7.99. The van der Waals surface area contributed by atoms with E-state index in [1.165, 1.54) is 15.6 Å². The smallest absolute Gasteiger partial charge is 0.243 e. The number of carbonyl (C=O) groups excluding carboxylic acids is 1. The number of hydrogen-bond acceptors (Lipinski definition) is 5. The van der Waals surface area contributed by atoms with Crippen molar-refractivity contribution in [3.63, 3.8) is 0 Å². The molecule has 5 nitrogen and oxygen atoms in total. The van der Waals surface area contributed by atoms with E-state index in [2.05, 4.69) is 5.32 Å². The number of nitrogens with zero attached hydrogens (tertiary/aromatic N) is 1. The van der Waals surface area contributed by atoms with Gasteiger partial charge in [-0.05, 0) is 43.5 Å². The minimum absolute atomic E-state index is 0.0786. The van der Waals surface area contributed by atoms with Gasteiger partial charge in [0.25, 0.3) is 0 Å². The van der Waals surface area contributed by atoms with Crippen LogP contribution >= 0.6 is 23.1 Å². The quantitative estimate of drug-likeness (QED) is 0.808. The maximum absolute atomic E-state index is 13.2. The molecule has 0 bridgehead atoms. The van der Waals surface area contributed by atoms with Crippen LogP contribution in [0.25, 0.3) is 0 Å². The molecule has 140 valence electrons. The van der Waals surface area contributed by atoms with Crippen molar-refractivity contribution >= 4 is 44.7 Å². The first kappa shape index (κ1) is 19.4. The van der Waals surface area contributed by atoms with Crippen molar-refractivity contribution in [2.24, 2.45) is 5.92 Å². The third kappa shape index (κ3) is 3.98. The van der Waals surface area contributed by atoms with Crippen LogP contribution in [0.1, 0.15) is 25.6 Å². The molecule has 1 aromatic heterocycles. The molecule has 1 aromatic carbocycles. The predicted molar refractivity (Wildman–Crippen MR) is 107 cm³/mol. The number of hydrogen-bond donors (Lipinski definition) is 1. The molecule has 26 heavy (non-hydrogen) atoms. The monoisotopic (exact) mass is 410 g/mol. The molecule has 1 aliphatic rings. The molecule has 0 spiro atoms. The van der Waals surface area contributed by atoms with E-state index in [4.69, 9.17) is 0 Å². The maximum atomic E-state index is 13.2. The zero-order valence-corrected chi connectivity index (χ0v) is 17.4. The first-order valence-corrected chi connectivity index (χ1v) is 11.7. The van der Waals surface area contributed by atoms with Crippen LogP contribution in [0.4, 0.5) is 5.69 Å². The lowest BCUT2D eigenvalue weighted by Gasteiger charge is -2.26. The fourth-order valence-corrected chi connectivity index (χ4v) is 6.11. The predicted octanol–water partition coefficient (Wildman–Crippen LogP) is 4.03. The summed E-state index contributed by atoms with van der Waals surface area (Å²) in [5, 5.41) is 4.80. The van der Waals surface area contributed by atoms with Crippen LogP contribution in [0.15, 0.2) is 45.5 Å². The van der Waals surface area contributed by atoms with Crippen LogP contribution in [0.2, 0.25) is 0 Å². The number of rotatable bonds is 5. The Bertz CT molecular complexity index is 892. The highest BCUT2D eigenvalue weighted by atomic mass is 32.2. The second-order valence-corrected chi connectivity index (χ2v) is 10.6. The number of thiophene rings is 1. The van der Waals surface area contributed by atoms with Crippen molar-refractivity contribution in [3.8, 4) is 0 Å². The standard InChI is InChI=1S/C18H22N2O3S3/c1-12(2)20(10-14-5-4-8-24-14)26(22,23)15-6-7-17-16(9-15)19-18(21)13(3)11-25-17/h4-9,12-13H,10-11H2,1-3H3,(H,19,21). The molecule has 0 radical (unpaired) electrons. The number of fused-ring (bicyclic) bond motifs is 1. The Morgan fingerprint density at radius 2 is 2.08 bits per heavy atom. The molecule has 2 heterocycles. The molecule has 1 unspecified atom stereocenters. The van der Waals surface area contributed by atoms with Crippen LogP contribution in [-0.4, -0.2) is 30.4 Å². The van der Waals surface area contributed by atoms with Gasteiger partial charge in [0.05, 0.1) is 10.6 Å². The second kappa shape index (κ2) is 7.72. The average molecular weight is 411 g/mol. The Labute approximate surface area is 162 Å². The zero-order chi connectivity index (χ0) is 18.9. The highest BCUT2D eigenvalue weighted by Gasteiger charge is 2.29. The van der Waals surface area contributed by atoms with Gasteiger partial charge in [-0.1, -0.05) is 13.0 Å². The van der Waals surface area contributed by atoms with E-state index in [1.807, 2.05) is 38.3 Å². The molecule has 1 atom stereocenters. The van der Waals surface area contributed by atoms with Gasteiger partial charge >= 0.3 is 0 Å². The number of sulfonamides is 1. The number of anilines is 1. The minimum Gasteiger partial charge on any atom is -0.325 e. The SMILES string of the molecule is CC1CSc2ccc(S(=O)(=O)N(Cc3cccs3)C(C)C)cc2NC1=O. The van der Waals surface area contributed by atoms with E-state index in [0.29, 0.717) is 18.0 Å². The Morgan fingerprint density at radius 1 is 1.31 bits per heavy atom. The summed E-state index contributed by atoms with van der Waals surface area (Å²) in [5.41, 5.74) is 0.574. The number of benzene rings is 1. The van der Waals surface area contributed by atoms with Gasteiger partial charge in [0.15, 0.2) is 0 Å². The first-order valence-electron chi connectivity index (χ1n) is 8.41. The molecule has 1 amide bonds. The van der Waals surface area contributed by atoms with Crippen LogP contribution in [-0.2, 0) is 21.4 Å². The highest BCUT2D eigenvalue weighted by Crippen LogP contribution is 2.35. The summed E-state index contributed by atoms with van der Waals surface area (Å²) in [7, 11) is -3.67. The lowest BCUT2D eigenvalue weighted by atomic mass is 10.2. The number of amides is 1. The van der Waals surface area contributed by atoms with Crippen molar-refractivity contribution in [2.75, 3.05) is 11.1 Å². The molecular weight excluding hydrogens is 388 g/mol. The van der Waals surface area contributed by atoms with E-state index in [1.54, 1.807) is 30.0 Å². The zero-order valence-electron chi connectivity index (χ0n) is 14.9. The number of nitrogens with one attached hydrogen (secondary N) is 1. The normalized spacial score (nSPS) is 17.9. The van der Waals surface area contributed by atoms with Crippen molar-refractivity contribution < 1.29 is 13.2 Å². The minimum atomic E-state index is -3.67. The van der Waals surface area contributed by atoms with Crippen LogP contribution in [0, 0.1) is 5.92 Å². The summed E-state index contributed by atoms with van der Waals surface area (Å²) < 4.78 is 28.0. The van der Waals surface area contributed by atoms with Gasteiger partial charge < -0.3 is 5.32 Å². The number of carbonyl (C=O) groups is 1. The average Bonchev–Trinajstić information content (AvgIpc) is 3.06. The Balaban J connectivity index is 1.96. The molecule has 0 fully saturated rings. The lowest BCUT2D eigenvalue weighted by Crippen LogP contribution is -2.36. The van der Waals surface area contributed by atoms with E-state index in [0.717, 1.165) is 9.77 Å². The van der Waals surface area contributed by atoms with Crippen LogP contribution in [0.3, 0.4) is 0 Å². The summed E-state index contributed by atoms with van der Waals surface area (Å²) in [6.07, 6.45) is 0. The molecule has 0 saturated carbocycles. The molecular formula is C18H22N2O3S3. The van der Waals surface area contributed by atoms with E-state index in [9.17, 15) is 13.2 Å². The lowest BCUT2D eigenvalue weighted by molar-refractivity contribution is -0.118. The molecule has 2 aromatic rings. The van der Waals surface area contributed by atoms with Crippen LogP contribution in [0.5, 0.6) is 0 Å². The Morgan fingerprint density at radius 3 is 2.73 bits per heavy atom. The summed E-state index contributed by atoms with van der Waals surface area (Å²) in [6.45, 7) is 5.95. The van der Waals surface area contributed by atoms with E-state index in [-0.39, 0.29) is 22.8 Å². The molecule has 8 heteroatoms. The maximum Gasteiger partial charge on any atom is 0.243 e. The van der Waals surface area contributed by atoms with E-state index >= 15 is 0 Å². The summed E-state index contributed by atoms with van der Waals surface area (Å²) in [5.74, 6) is 0.491. The van der Waals surface area contributed by atoms with Gasteiger partial charge in [-0.2, -0.15) is 4.31 Å². The molecule has 1 N–H and O–H groups in total. The fourth-order valence-electron chi connectivity index (χ4n) is 2.68. The van der Waals surface area contributed by atoms with Crippen molar-refractivity contribution in [1.82, 2.24) is 4.31 Å². The number of thioether (sulfide) groups is 1. The Hall–Kier alpha value is -1.35. The van der Waals surface area contributed by atoms with Gasteiger partial charge in [0.1, 0.15) is 0 Å². The summed E-state index contributed by atoms with van der Waals surface area (Å²) in [6, 6.07) is 8.68. The van der Waals surface area contributed by atoms with E-state index < -0.39 is 10.0 Å². The van der Waals surface area contributed by atoms with Gasteiger partial charge in [-0.3, -0.25) is 4.79 Å². The van der Waals surface area contributed by atoms with Gasteiger partial charge in [-0.25, -0.2) is 8.42 Å². The van der Waals surface area contributed by atoms with Gasteiger partial charge in [0, 0.05) is 34.0 Å². The summed E-state index contributed by atoms with van der Waals surface area (Å²) >= 11 is 3.11. The molecule has 3 rings (SSSR count). The second-order valence-electron chi connectivity index (χ2n) is 6.58. The molecule has 0 aliphatic carbocycles. The van der Waals surface area contributed by atoms with Gasteiger partial charge in [0.2, 0.25) is 15.9 Å². The summed E-state index contributed by atoms with van der Waals surface area (Å²) in [4.78, 5) is 14.2.